The smallest absolute Gasteiger partial charge is 0.254 e. The average molecular weight is 323 g/mol. The van der Waals surface area contributed by atoms with E-state index in [1.54, 1.807) is 7.05 Å². The van der Waals surface area contributed by atoms with E-state index in [1.165, 1.54) is 4.90 Å². The zero-order valence-corrected chi connectivity index (χ0v) is 12.4. The van der Waals surface area contributed by atoms with Crippen LogP contribution in [-0.2, 0) is 0 Å². The summed E-state index contributed by atoms with van der Waals surface area (Å²) in [4.78, 5) is 13.6. The van der Waals surface area contributed by atoms with Gasteiger partial charge in [0.2, 0.25) is 0 Å². The first-order valence-corrected chi connectivity index (χ1v) is 6.57. The first kappa shape index (κ1) is 17.8. The molecule has 1 saturated carbocycles. The predicted molar refractivity (Wildman–Crippen MR) is 75.9 cm³/mol. The summed E-state index contributed by atoms with van der Waals surface area (Å²) in [5.41, 5.74) is 5.61. The number of nitrogens with two attached hydrogens (primary N) is 1. The molecule has 0 aromatic heterocycles. The molecule has 1 aromatic rings. The molecular weight excluding hydrogens is 305 g/mol. The molecular formula is C14H18ClF3N2O. The molecule has 0 heterocycles. The molecule has 1 aliphatic carbocycles. The molecule has 1 aromatic carbocycles. The van der Waals surface area contributed by atoms with Gasteiger partial charge in [-0.25, -0.2) is 13.2 Å². The Labute approximate surface area is 127 Å². The molecule has 7 heteroatoms. The molecule has 3 nitrogen and oxygen atoms in total. The van der Waals surface area contributed by atoms with Crippen molar-refractivity contribution in [2.45, 2.75) is 37.8 Å². The highest BCUT2D eigenvalue weighted by Gasteiger charge is 2.26. The molecule has 1 fully saturated rings. The number of hydrogen-bond donors (Lipinski definition) is 1. The Morgan fingerprint density at radius 1 is 1.14 bits per heavy atom. The van der Waals surface area contributed by atoms with Crippen LogP contribution in [0, 0.1) is 17.5 Å². The third-order valence-corrected chi connectivity index (χ3v) is 3.84. The molecule has 118 valence electrons. The number of amides is 1. The van der Waals surface area contributed by atoms with Gasteiger partial charge in [0, 0.05) is 24.7 Å². The SMILES string of the molecule is CN(C(=O)c1cc(F)c(F)c(F)c1)C1CCC(N)CC1.Cl. The summed E-state index contributed by atoms with van der Waals surface area (Å²) in [6.45, 7) is 0. The zero-order valence-electron chi connectivity index (χ0n) is 11.6. The van der Waals surface area contributed by atoms with E-state index in [2.05, 4.69) is 0 Å². The second kappa shape index (κ2) is 7.13. The summed E-state index contributed by atoms with van der Waals surface area (Å²) < 4.78 is 39.2. The van der Waals surface area contributed by atoms with Crippen molar-refractivity contribution >= 4 is 18.3 Å². The molecule has 0 spiro atoms. The van der Waals surface area contributed by atoms with Crippen LogP contribution in [0.25, 0.3) is 0 Å². The van der Waals surface area contributed by atoms with Crippen molar-refractivity contribution in [3.8, 4) is 0 Å². The highest BCUT2D eigenvalue weighted by atomic mass is 35.5. The van der Waals surface area contributed by atoms with Gasteiger partial charge in [0.05, 0.1) is 0 Å². The van der Waals surface area contributed by atoms with Crippen LogP contribution < -0.4 is 5.73 Å². The monoisotopic (exact) mass is 322 g/mol. The van der Waals surface area contributed by atoms with Crippen molar-refractivity contribution in [1.29, 1.82) is 0 Å². The Morgan fingerprint density at radius 2 is 1.62 bits per heavy atom. The van der Waals surface area contributed by atoms with Crippen LogP contribution in [0.2, 0.25) is 0 Å². The summed E-state index contributed by atoms with van der Waals surface area (Å²) >= 11 is 0. The van der Waals surface area contributed by atoms with Gasteiger partial charge in [-0.05, 0) is 37.8 Å². The van der Waals surface area contributed by atoms with Gasteiger partial charge < -0.3 is 10.6 Å². The van der Waals surface area contributed by atoms with E-state index >= 15 is 0 Å². The molecule has 2 rings (SSSR count). The third-order valence-electron chi connectivity index (χ3n) is 3.84. The van der Waals surface area contributed by atoms with Gasteiger partial charge in [0.15, 0.2) is 17.5 Å². The molecule has 0 radical (unpaired) electrons. The Balaban J connectivity index is 0.00000220. The Hall–Kier alpha value is -1.27. The number of carbonyl (C=O) groups is 1. The maximum Gasteiger partial charge on any atom is 0.254 e. The summed E-state index contributed by atoms with van der Waals surface area (Å²) in [6.07, 6.45) is 3.15. The number of nitrogens with zero attached hydrogens (tertiary/aromatic N) is 1. The maximum atomic E-state index is 13.2. The average Bonchev–Trinajstić information content (AvgIpc) is 2.43. The first-order chi connectivity index (χ1) is 9.40. The number of carbonyl (C=O) groups excluding carboxylic acids is 1. The van der Waals surface area contributed by atoms with Gasteiger partial charge in [-0.15, -0.1) is 12.4 Å². The quantitative estimate of drug-likeness (QED) is 0.851. The van der Waals surface area contributed by atoms with Crippen molar-refractivity contribution in [2.24, 2.45) is 5.73 Å². The molecule has 1 amide bonds. The van der Waals surface area contributed by atoms with Crippen LogP contribution in [0.1, 0.15) is 36.0 Å². The fourth-order valence-electron chi connectivity index (χ4n) is 2.54. The minimum atomic E-state index is -1.56. The Morgan fingerprint density at radius 3 is 2.10 bits per heavy atom. The molecule has 0 aliphatic heterocycles. The molecule has 1 aliphatic rings. The number of halogens is 4. The van der Waals surface area contributed by atoms with E-state index < -0.39 is 23.4 Å². The van der Waals surface area contributed by atoms with E-state index in [9.17, 15) is 18.0 Å². The first-order valence-electron chi connectivity index (χ1n) is 6.57. The second-order valence-corrected chi connectivity index (χ2v) is 5.24. The fourth-order valence-corrected chi connectivity index (χ4v) is 2.54. The zero-order chi connectivity index (χ0) is 14.9. The van der Waals surface area contributed by atoms with Crippen LogP contribution in [0.4, 0.5) is 13.2 Å². The summed E-state index contributed by atoms with van der Waals surface area (Å²) in [7, 11) is 1.59. The van der Waals surface area contributed by atoms with Crippen LogP contribution in [0.5, 0.6) is 0 Å². The van der Waals surface area contributed by atoms with Crippen molar-refractivity contribution in [1.82, 2.24) is 4.90 Å². The lowest BCUT2D eigenvalue weighted by molar-refractivity contribution is 0.0688. The minimum Gasteiger partial charge on any atom is -0.339 e. The van der Waals surface area contributed by atoms with Gasteiger partial charge in [0.1, 0.15) is 0 Å². The van der Waals surface area contributed by atoms with Gasteiger partial charge in [-0.3, -0.25) is 4.79 Å². The van der Waals surface area contributed by atoms with Crippen molar-refractivity contribution in [2.75, 3.05) is 7.05 Å². The Kier molecular flexibility index (Phi) is 6.04. The number of hydrogen-bond acceptors (Lipinski definition) is 2. The van der Waals surface area contributed by atoms with Crippen molar-refractivity contribution < 1.29 is 18.0 Å². The van der Waals surface area contributed by atoms with Crippen LogP contribution >= 0.6 is 12.4 Å². The van der Waals surface area contributed by atoms with E-state index in [0.29, 0.717) is 0 Å². The lowest BCUT2D eigenvalue weighted by Crippen LogP contribution is -2.41. The molecule has 0 atom stereocenters. The standard InChI is InChI=1S/C14H17F3N2O.ClH/c1-19(10-4-2-9(18)3-5-10)14(20)8-6-11(15)13(17)12(16)7-8;/h6-7,9-10H,2-5,18H2,1H3;1H. The molecule has 2 N–H and O–H groups in total. The molecule has 0 unspecified atom stereocenters. The second-order valence-electron chi connectivity index (χ2n) is 5.24. The predicted octanol–water partition coefficient (Wildman–Crippen LogP) is 2.87. The largest absolute Gasteiger partial charge is 0.339 e. The lowest BCUT2D eigenvalue weighted by atomic mass is 9.90. The fraction of sp³-hybridized carbons (Fsp3) is 0.500. The van der Waals surface area contributed by atoms with Crippen molar-refractivity contribution in [3.63, 3.8) is 0 Å². The summed E-state index contributed by atoms with van der Waals surface area (Å²) in [5.74, 6) is -4.78. The van der Waals surface area contributed by atoms with Crippen LogP contribution in [0.3, 0.4) is 0 Å². The number of benzene rings is 1. The molecule has 0 bridgehead atoms. The summed E-state index contributed by atoms with van der Waals surface area (Å²) in [6, 6.07) is 1.60. The minimum absolute atomic E-state index is 0. The van der Waals surface area contributed by atoms with Gasteiger partial charge >= 0.3 is 0 Å². The Bertz CT molecular complexity index is 496. The highest BCUT2D eigenvalue weighted by molar-refractivity contribution is 5.94. The maximum absolute atomic E-state index is 13.2. The summed E-state index contributed by atoms with van der Waals surface area (Å²) in [5, 5.41) is 0. The van der Waals surface area contributed by atoms with Gasteiger partial charge in [0.25, 0.3) is 5.91 Å². The van der Waals surface area contributed by atoms with E-state index in [-0.39, 0.29) is 30.1 Å². The van der Waals surface area contributed by atoms with E-state index in [4.69, 9.17) is 5.73 Å². The van der Waals surface area contributed by atoms with Crippen LogP contribution in [-0.4, -0.2) is 29.9 Å². The lowest BCUT2D eigenvalue weighted by Gasteiger charge is -2.33. The van der Waals surface area contributed by atoms with Gasteiger partial charge in [-0.2, -0.15) is 0 Å². The van der Waals surface area contributed by atoms with Crippen LogP contribution in [0.15, 0.2) is 12.1 Å². The van der Waals surface area contributed by atoms with E-state index in [1.807, 2.05) is 0 Å². The van der Waals surface area contributed by atoms with Crippen molar-refractivity contribution in [3.05, 3.63) is 35.1 Å². The normalized spacial score (nSPS) is 21.6. The topological polar surface area (TPSA) is 46.3 Å². The van der Waals surface area contributed by atoms with Gasteiger partial charge in [-0.1, -0.05) is 0 Å². The van der Waals surface area contributed by atoms with E-state index in [0.717, 1.165) is 37.8 Å². The highest BCUT2D eigenvalue weighted by Crippen LogP contribution is 2.23. The third kappa shape index (κ3) is 3.89. The number of rotatable bonds is 2. The molecule has 0 saturated heterocycles. The molecule has 21 heavy (non-hydrogen) atoms.